The van der Waals surface area contributed by atoms with Crippen LogP contribution in [0.4, 0.5) is 23.0 Å². The van der Waals surface area contributed by atoms with Crippen molar-refractivity contribution >= 4 is 50.0 Å². The Bertz CT molecular complexity index is 1910. The Labute approximate surface area is 260 Å². The van der Waals surface area contributed by atoms with Crippen LogP contribution in [0.1, 0.15) is 11.1 Å². The summed E-state index contributed by atoms with van der Waals surface area (Å²) >= 11 is 0. The molecule has 4 aromatic carbocycles. The molecule has 5 rings (SSSR count). The number of nitrogens with zero attached hydrogens (tertiary/aromatic N) is 3. The molecule has 0 atom stereocenters. The van der Waals surface area contributed by atoms with Crippen LogP contribution in [-0.4, -0.2) is 45.1 Å². The van der Waals surface area contributed by atoms with Crippen LogP contribution in [-0.2, 0) is 26.3 Å². The first kappa shape index (κ1) is 31.0. The fraction of sp³-hybridized carbons (Fsp3) is 0.156. The Morgan fingerprint density at radius 1 is 0.844 bits per heavy atom. The van der Waals surface area contributed by atoms with Gasteiger partial charge in [0.15, 0.2) is 11.6 Å². The minimum absolute atomic E-state index is 0.0366. The molecule has 4 N–H and O–H groups in total. The van der Waals surface area contributed by atoms with Gasteiger partial charge < -0.3 is 20.5 Å². The van der Waals surface area contributed by atoms with Crippen LogP contribution in [0.2, 0.25) is 0 Å². The lowest BCUT2D eigenvalue weighted by molar-refractivity contribution is -0.118. The molecule has 0 aliphatic heterocycles. The van der Waals surface area contributed by atoms with Gasteiger partial charge in [0.25, 0.3) is 10.0 Å². The summed E-state index contributed by atoms with van der Waals surface area (Å²) in [7, 11) is -1.16. The summed E-state index contributed by atoms with van der Waals surface area (Å²) in [4.78, 5) is 26.9. The smallest absolute Gasteiger partial charge is 0.263 e. The minimum atomic E-state index is -4.22. The third-order valence-corrected chi connectivity index (χ3v) is 7.98. The summed E-state index contributed by atoms with van der Waals surface area (Å²) in [5.74, 6) is 0.511. The van der Waals surface area contributed by atoms with Gasteiger partial charge >= 0.3 is 0 Å². The van der Waals surface area contributed by atoms with Crippen LogP contribution in [0.15, 0.2) is 95.9 Å². The van der Waals surface area contributed by atoms with Crippen LogP contribution < -0.4 is 30.3 Å². The van der Waals surface area contributed by atoms with Gasteiger partial charge in [-0.1, -0.05) is 48.0 Å². The van der Waals surface area contributed by atoms with Crippen LogP contribution in [0.3, 0.4) is 0 Å². The summed E-state index contributed by atoms with van der Waals surface area (Å²) in [6, 6.07) is 25.9. The van der Waals surface area contributed by atoms with Gasteiger partial charge in [0.05, 0.1) is 42.4 Å². The third kappa shape index (κ3) is 7.77. The van der Waals surface area contributed by atoms with Crippen LogP contribution in [0, 0.1) is 6.92 Å². The van der Waals surface area contributed by atoms with Gasteiger partial charge in [-0.2, -0.15) is 0 Å². The number of anilines is 4. The van der Waals surface area contributed by atoms with Gasteiger partial charge in [-0.25, -0.2) is 23.4 Å². The zero-order valence-corrected chi connectivity index (χ0v) is 25.7. The zero-order valence-electron chi connectivity index (χ0n) is 24.9. The number of ether oxygens (including phenoxy) is 2. The number of carbonyl (C=O) groups is 1. The summed E-state index contributed by atoms with van der Waals surface area (Å²) in [6.07, 6.45) is 0. The molecular weight excluding hydrogens is 596 g/mol. The van der Waals surface area contributed by atoms with Gasteiger partial charge in [0.1, 0.15) is 18.0 Å². The lowest BCUT2D eigenvalue weighted by Gasteiger charge is -2.23. The van der Waals surface area contributed by atoms with Crippen molar-refractivity contribution in [3.05, 3.63) is 102 Å². The molecule has 0 aliphatic rings. The van der Waals surface area contributed by atoms with E-state index in [0.717, 1.165) is 11.1 Å². The minimum Gasteiger partial charge on any atom is -0.497 e. The largest absolute Gasteiger partial charge is 0.497 e. The predicted octanol–water partition coefficient (Wildman–Crippen LogP) is 4.92. The van der Waals surface area contributed by atoms with Crippen molar-refractivity contribution in [1.29, 1.82) is 0 Å². The number of hydrogen-bond donors (Lipinski definition) is 3. The average molecular weight is 629 g/mol. The number of methoxy groups -OCH3 is 2. The van der Waals surface area contributed by atoms with Gasteiger partial charge in [-0.05, 0) is 42.8 Å². The average Bonchev–Trinajstić information content (AvgIpc) is 3.03. The van der Waals surface area contributed by atoms with E-state index in [-0.39, 0.29) is 29.7 Å². The number of hydrogen-bond acceptors (Lipinski definition) is 10. The molecule has 5 aromatic rings. The number of para-hydroxylation sites is 2. The first-order chi connectivity index (χ1) is 21.6. The molecule has 13 heteroatoms. The van der Waals surface area contributed by atoms with E-state index in [1.807, 2.05) is 37.3 Å². The van der Waals surface area contributed by atoms with Crippen molar-refractivity contribution in [3.8, 4) is 11.5 Å². The predicted molar refractivity (Wildman–Crippen MR) is 172 cm³/mol. The van der Waals surface area contributed by atoms with Crippen molar-refractivity contribution in [2.45, 2.75) is 18.4 Å². The standard InChI is InChI=1S/C32H32N6O6S/c1-21-11-13-22(14-12-21)20-44-38(19-30(33)39)24-7-6-8-27(17-24)45(40,41)37-32-31(35-28-9-4-5-10-29(28)36-32)34-23-15-25(42-2)18-26(16-23)43-3/h4-18H,19-20H2,1-3H3,(H2,33,39)(H,34,35)(H,36,37). The number of hydroxylamine groups is 1. The maximum Gasteiger partial charge on any atom is 0.263 e. The van der Waals surface area contributed by atoms with Crippen molar-refractivity contribution in [1.82, 2.24) is 9.97 Å². The summed E-state index contributed by atoms with van der Waals surface area (Å²) in [5, 5.41) is 4.40. The molecule has 232 valence electrons. The first-order valence-electron chi connectivity index (χ1n) is 13.8. The highest BCUT2D eigenvalue weighted by molar-refractivity contribution is 7.92. The van der Waals surface area contributed by atoms with Gasteiger partial charge in [-0.15, -0.1) is 0 Å². The second kappa shape index (κ2) is 13.5. The number of carbonyl (C=O) groups excluding carboxylic acids is 1. The highest BCUT2D eigenvalue weighted by Gasteiger charge is 2.22. The van der Waals surface area contributed by atoms with Gasteiger partial charge in [0, 0.05) is 23.9 Å². The lowest BCUT2D eigenvalue weighted by atomic mass is 10.2. The summed E-state index contributed by atoms with van der Waals surface area (Å²) < 4.78 is 40.8. The Kier molecular flexibility index (Phi) is 9.31. The number of aryl methyl sites for hydroxylation is 1. The van der Waals surface area contributed by atoms with Crippen molar-refractivity contribution in [2.24, 2.45) is 5.73 Å². The zero-order chi connectivity index (χ0) is 32.0. The van der Waals surface area contributed by atoms with Gasteiger partial charge in [-0.3, -0.25) is 14.4 Å². The molecule has 0 unspecified atom stereocenters. The summed E-state index contributed by atoms with van der Waals surface area (Å²) in [6.45, 7) is 1.82. The topological polar surface area (TPSA) is 158 Å². The molecule has 1 heterocycles. The molecular formula is C32H32N6O6S. The molecule has 0 fully saturated rings. The molecule has 45 heavy (non-hydrogen) atoms. The number of sulfonamides is 1. The molecule has 0 saturated heterocycles. The molecule has 0 bridgehead atoms. The normalized spacial score (nSPS) is 11.2. The number of nitrogens with two attached hydrogens (primary N) is 1. The second-order valence-corrected chi connectivity index (χ2v) is 11.7. The fourth-order valence-corrected chi connectivity index (χ4v) is 5.40. The Morgan fingerprint density at radius 2 is 1.49 bits per heavy atom. The first-order valence-corrected chi connectivity index (χ1v) is 15.3. The van der Waals surface area contributed by atoms with Crippen LogP contribution in [0.25, 0.3) is 11.0 Å². The highest BCUT2D eigenvalue weighted by Crippen LogP contribution is 2.32. The monoisotopic (exact) mass is 628 g/mol. The maximum absolute atomic E-state index is 13.8. The second-order valence-electron chi connectivity index (χ2n) is 10.0. The Morgan fingerprint density at radius 3 is 2.11 bits per heavy atom. The fourth-order valence-electron chi connectivity index (χ4n) is 4.36. The number of benzene rings is 4. The van der Waals surface area contributed by atoms with Crippen molar-refractivity contribution in [2.75, 3.05) is 35.9 Å². The van der Waals surface area contributed by atoms with E-state index >= 15 is 0 Å². The van der Waals surface area contributed by atoms with E-state index in [1.54, 1.807) is 48.5 Å². The Hall–Kier alpha value is -5.40. The molecule has 0 radical (unpaired) electrons. The quantitative estimate of drug-likeness (QED) is 0.153. The van der Waals surface area contributed by atoms with E-state index < -0.39 is 15.9 Å². The van der Waals surface area contributed by atoms with Crippen molar-refractivity contribution < 1.29 is 27.5 Å². The molecule has 1 amide bonds. The number of aromatic nitrogens is 2. The molecule has 0 saturated carbocycles. The van der Waals surface area contributed by atoms with Crippen molar-refractivity contribution in [3.63, 3.8) is 0 Å². The van der Waals surface area contributed by atoms with E-state index in [9.17, 15) is 13.2 Å². The lowest BCUT2D eigenvalue weighted by Crippen LogP contribution is -2.34. The number of rotatable bonds is 13. The van der Waals surface area contributed by atoms with E-state index in [2.05, 4.69) is 20.0 Å². The molecule has 1 aromatic heterocycles. The van der Waals surface area contributed by atoms with E-state index in [1.165, 1.54) is 31.4 Å². The number of fused-ring (bicyclic) bond motifs is 1. The highest BCUT2D eigenvalue weighted by atomic mass is 32.2. The van der Waals surface area contributed by atoms with Crippen LogP contribution >= 0.6 is 0 Å². The molecule has 0 spiro atoms. The summed E-state index contributed by atoms with van der Waals surface area (Å²) in [5.41, 5.74) is 9.31. The van der Waals surface area contributed by atoms with E-state index in [4.69, 9.17) is 20.0 Å². The van der Waals surface area contributed by atoms with E-state index in [0.29, 0.717) is 33.9 Å². The SMILES string of the molecule is COc1cc(Nc2nc3ccccc3nc2NS(=O)(=O)c2cccc(N(CC(N)=O)OCc3ccc(C)cc3)c2)cc(OC)c1. The maximum atomic E-state index is 13.8. The number of nitrogens with one attached hydrogen (secondary N) is 2. The molecule has 12 nitrogen and oxygen atoms in total. The van der Waals surface area contributed by atoms with Gasteiger partial charge in [0.2, 0.25) is 5.91 Å². The molecule has 0 aliphatic carbocycles. The number of amides is 1. The van der Waals surface area contributed by atoms with Crippen LogP contribution in [0.5, 0.6) is 11.5 Å². The Balaban J connectivity index is 1.46. The third-order valence-electron chi connectivity index (χ3n) is 6.64. The number of primary amides is 1.